The Morgan fingerprint density at radius 1 is 1.08 bits per heavy atom. The molecule has 0 fully saturated rings. The minimum atomic E-state index is -1.69. The van der Waals surface area contributed by atoms with Crippen LogP contribution >= 0.6 is 0 Å². The van der Waals surface area contributed by atoms with Gasteiger partial charge in [-0.25, -0.2) is 9.59 Å². The molecule has 0 saturated heterocycles. The van der Waals surface area contributed by atoms with Crippen LogP contribution in [0, 0.1) is 0 Å². The number of methoxy groups -OCH3 is 2. The maximum Gasteiger partial charge on any atom is 0.336 e. The summed E-state index contributed by atoms with van der Waals surface area (Å²) >= 11 is 0. The third-order valence-corrected chi connectivity index (χ3v) is 8.40. The molecule has 0 bridgehead atoms. The van der Waals surface area contributed by atoms with Gasteiger partial charge in [0.1, 0.15) is 13.8 Å². The van der Waals surface area contributed by atoms with Crippen LogP contribution in [0.4, 0.5) is 0 Å². The van der Waals surface area contributed by atoms with Crippen LogP contribution in [-0.4, -0.2) is 34.2 Å². The number of hydrogen-bond donors (Lipinski definition) is 1. The van der Waals surface area contributed by atoms with Crippen molar-refractivity contribution in [2.24, 2.45) is 0 Å². The van der Waals surface area contributed by atoms with Gasteiger partial charge in [-0.1, -0.05) is 26.1 Å². The van der Waals surface area contributed by atoms with Gasteiger partial charge in [0.2, 0.25) is 0 Å². The maximum atomic E-state index is 12.5. The van der Waals surface area contributed by atoms with Gasteiger partial charge in [0.05, 0.1) is 36.7 Å². The van der Waals surface area contributed by atoms with E-state index in [0.29, 0.717) is 28.3 Å². The Morgan fingerprint density at radius 2 is 1.58 bits per heavy atom. The summed E-state index contributed by atoms with van der Waals surface area (Å²) in [6, 6.07) is 4.84. The van der Waals surface area contributed by atoms with Crippen LogP contribution in [0.5, 0.6) is 0 Å². The summed E-state index contributed by atoms with van der Waals surface area (Å²) in [5.74, 6) is -1.11. The third kappa shape index (κ3) is 3.48. The number of dihydropyridines is 1. The van der Waals surface area contributed by atoms with Crippen LogP contribution in [0.15, 0.2) is 39.1 Å². The van der Waals surface area contributed by atoms with E-state index >= 15 is 0 Å². The van der Waals surface area contributed by atoms with E-state index in [1.54, 1.807) is 13.8 Å². The molecule has 142 valence electrons. The zero-order chi connectivity index (χ0) is 19.6. The molecule has 0 aromatic carbocycles. The fourth-order valence-electron chi connectivity index (χ4n) is 3.09. The van der Waals surface area contributed by atoms with Gasteiger partial charge in [-0.3, -0.25) is 0 Å². The average Bonchev–Trinajstić information content (AvgIpc) is 3.10. The second-order valence-corrected chi connectivity index (χ2v) is 12.0. The van der Waals surface area contributed by atoms with Crippen molar-refractivity contribution in [3.05, 3.63) is 40.4 Å². The van der Waals surface area contributed by atoms with Crippen molar-refractivity contribution in [1.29, 1.82) is 0 Å². The molecular formula is C19H27NO5Si. The van der Waals surface area contributed by atoms with Crippen LogP contribution in [0.1, 0.15) is 32.4 Å². The molecule has 0 amide bonds. The Bertz CT molecular complexity index is 750. The number of carbonyl (C=O) groups excluding carboxylic acids is 2. The van der Waals surface area contributed by atoms with Crippen molar-refractivity contribution in [2.75, 3.05) is 14.2 Å². The van der Waals surface area contributed by atoms with Gasteiger partial charge in [0.15, 0.2) is 0 Å². The molecule has 0 spiro atoms. The lowest BCUT2D eigenvalue weighted by Crippen LogP contribution is -2.39. The highest BCUT2D eigenvalue weighted by Crippen LogP contribution is 2.39. The molecular weight excluding hydrogens is 350 g/mol. The Morgan fingerprint density at radius 3 is 2.00 bits per heavy atom. The lowest BCUT2D eigenvalue weighted by molar-refractivity contribution is -0.137. The average molecular weight is 378 g/mol. The van der Waals surface area contributed by atoms with Crippen LogP contribution in [0.3, 0.4) is 0 Å². The summed E-state index contributed by atoms with van der Waals surface area (Å²) in [4.78, 5) is 24.9. The van der Waals surface area contributed by atoms with Gasteiger partial charge in [0.25, 0.3) is 0 Å². The number of rotatable bonds is 5. The predicted molar refractivity (Wildman–Crippen MR) is 102 cm³/mol. The summed E-state index contributed by atoms with van der Waals surface area (Å²) in [7, 11) is 0.954. The molecule has 0 aliphatic carbocycles. The van der Waals surface area contributed by atoms with Gasteiger partial charge < -0.3 is 19.2 Å². The highest BCUT2D eigenvalue weighted by Gasteiger charge is 2.40. The molecule has 26 heavy (non-hydrogen) atoms. The molecule has 1 N–H and O–H groups in total. The van der Waals surface area contributed by atoms with E-state index < -0.39 is 25.9 Å². The van der Waals surface area contributed by atoms with E-state index in [2.05, 4.69) is 25.3 Å². The molecule has 0 unspecified atom stereocenters. The van der Waals surface area contributed by atoms with Crippen molar-refractivity contribution >= 4 is 25.4 Å². The Labute approximate surface area is 155 Å². The zero-order valence-electron chi connectivity index (χ0n) is 16.5. The first kappa shape index (κ1) is 20.0. The van der Waals surface area contributed by atoms with Crippen molar-refractivity contribution in [2.45, 2.75) is 45.8 Å². The largest absolute Gasteiger partial charge is 0.470 e. The van der Waals surface area contributed by atoms with Crippen molar-refractivity contribution < 1.29 is 23.5 Å². The van der Waals surface area contributed by atoms with Crippen molar-refractivity contribution in [3.8, 4) is 0 Å². The monoisotopic (exact) mass is 377 g/mol. The molecule has 1 aliphatic heterocycles. The lowest BCUT2D eigenvalue weighted by Gasteiger charge is -2.28. The fourth-order valence-corrected chi connectivity index (χ4v) is 4.36. The molecule has 7 heteroatoms. The number of carbonyl (C=O) groups is 2. The Kier molecular flexibility index (Phi) is 5.80. The highest BCUT2D eigenvalue weighted by molar-refractivity contribution is 6.88. The van der Waals surface area contributed by atoms with Gasteiger partial charge in [-0.15, -0.1) is 0 Å². The molecule has 1 aromatic rings. The normalized spacial score (nSPS) is 15.8. The molecule has 0 radical (unpaired) electrons. The number of furan rings is 1. The summed E-state index contributed by atoms with van der Waals surface area (Å²) < 4.78 is 16.1. The van der Waals surface area contributed by atoms with Crippen LogP contribution in [-0.2, 0) is 19.1 Å². The third-order valence-electron chi connectivity index (χ3n) is 5.03. The van der Waals surface area contributed by atoms with Gasteiger partial charge in [-0.05, 0) is 26.0 Å². The molecule has 0 atom stereocenters. The zero-order valence-corrected chi connectivity index (χ0v) is 17.5. The number of allylic oxidation sites excluding steroid dienone is 2. The molecule has 1 aromatic heterocycles. The Hall–Kier alpha value is -2.28. The first-order valence-corrected chi connectivity index (χ1v) is 11.8. The van der Waals surface area contributed by atoms with E-state index in [9.17, 15) is 9.59 Å². The van der Waals surface area contributed by atoms with E-state index in [-0.39, 0.29) is 0 Å². The van der Waals surface area contributed by atoms with E-state index in [1.807, 2.05) is 12.1 Å². The summed E-state index contributed by atoms with van der Waals surface area (Å²) in [6.45, 7) is 10.2. The fraction of sp³-hybridized carbons (Fsp3) is 0.474. The van der Waals surface area contributed by atoms with Crippen molar-refractivity contribution in [3.63, 3.8) is 0 Å². The first-order chi connectivity index (χ1) is 12.2. The van der Waals surface area contributed by atoms with Crippen LogP contribution in [0.2, 0.25) is 19.1 Å². The smallest absolute Gasteiger partial charge is 0.336 e. The minimum Gasteiger partial charge on any atom is -0.470 e. The second kappa shape index (κ2) is 7.53. The summed E-state index contributed by atoms with van der Waals surface area (Å²) in [6.07, 6.45) is 0. The van der Waals surface area contributed by atoms with E-state index in [1.165, 1.54) is 14.2 Å². The molecule has 6 nitrogen and oxygen atoms in total. The minimum absolute atomic E-state index is 0.357. The topological polar surface area (TPSA) is 77.8 Å². The standard InChI is InChI=1S/C19H27NO5Si/c1-8-26(6,7)14-10-9-13(25-14)17-15(18(21)23-4)11(2)20-12(3)16(17)19(22)24-5/h9-10,17,20H,8H2,1-7H3. The Balaban J connectivity index is 2.65. The maximum absolute atomic E-state index is 12.5. The van der Waals surface area contributed by atoms with Crippen molar-refractivity contribution in [1.82, 2.24) is 5.32 Å². The van der Waals surface area contributed by atoms with Gasteiger partial charge in [-0.2, -0.15) is 0 Å². The molecule has 1 aliphatic rings. The van der Waals surface area contributed by atoms with Gasteiger partial charge >= 0.3 is 11.9 Å². The molecule has 2 rings (SSSR count). The van der Waals surface area contributed by atoms with Gasteiger partial charge in [0, 0.05) is 11.4 Å². The van der Waals surface area contributed by atoms with E-state index in [0.717, 1.165) is 11.4 Å². The highest BCUT2D eigenvalue weighted by atomic mass is 28.3. The summed E-state index contributed by atoms with van der Waals surface area (Å²) in [5, 5.41) is 4.02. The molecule has 2 heterocycles. The second-order valence-electron chi connectivity index (χ2n) is 7.06. The number of ether oxygens (including phenoxy) is 2. The predicted octanol–water partition coefficient (Wildman–Crippen LogP) is 2.80. The van der Waals surface area contributed by atoms with Crippen LogP contribution in [0.25, 0.3) is 0 Å². The molecule has 0 saturated carbocycles. The van der Waals surface area contributed by atoms with E-state index in [4.69, 9.17) is 13.9 Å². The SMILES string of the molecule is CC[Si](C)(C)c1ccc(C2C(C(=O)OC)=C(C)NC(C)=C2C(=O)OC)o1. The number of hydrogen-bond acceptors (Lipinski definition) is 6. The lowest BCUT2D eigenvalue weighted by atomic mass is 9.83. The van der Waals surface area contributed by atoms with Crippen LogP contribution < -0.4 is 10.7 Å². The quantitative estimate of drug-likeness (QED) is 0.628. The number of nitrogens with one attached hydrogen (secondary N) is 1. The number of esters is 2. The summed E-state index contributed by atoms with van der Waals surface area (Å²) in [5.41, 5.74) is 1.99. The first-order valence-electron chi connectivity index (χ1n) is 8.63.